The minimum absolute atomic E-state index is 0.179. The van der Waals surface area contributed by atoms with Gasteiger partial charge in [0.1, 0.15) is 0 Å². The summed E-state index contributed by atoms with van der Waals surface area (Å²) in [5.41, 5.74) is 0.604. The summed E-state index contributed by atoms with van der Waals surface area (Å²) in [7, 11) is 0. The zero-order valence-corrected chi connectivity index (χ0v) is 39.9. The molecule has 0 atom stereocenters. The number of hydrogen-bond donors (Lipinski definition) is 0. The molecule has 0 spiro atoms. The van der Waals surface area contributed by atoms with E-state index in [9.17, 15) is 9.59 Å². The summed E-state index contributed by atoms with van der Waals surface area (Å²) in [5.74, 6) is -0.740. The molecule has 0 bridgehead atoms. The van der Waals surface area contributed by atoms with Crippen molar-refractivity contribution in [1.82, 2.24) is 0 Å². The van der Waals surface area contributed by atoms with Crippen LogP contribution >= 0.6 is 0 Å². The van der Waals surface area contributed by atoms with Crippen LogP contribution in [0.3, 0.4) is 0 Å². The number of hydrogen-bond acceptors (Lipinski definition) is 5. The predicted molar refractivity (Wildman–Crippen MR) is 219 cm³/mol. The molecule has 1 aliphatic heterocycles. The van der Waals surface area contributed by atoms with E-state index in [2.05, 4.69) is 40.9 Å². The number of unbranched alkanes of at least 4 members (excludes halogenated alkanes) is 20. The third-order valence-electron chi connectivity index (χ3n) is 11.1. The molecule has 0 N–H and O–H groups in total. The Morgan fingerprint density at radius 1 is 0.540 bits per heavy atom. The predicted octanol–water partition coefficient (Wildman–Crippen LogP) is 14.1. The van der Waals surface area contributed by atoms with Crippen LogP contribution in [0.15, 0.2) is 24.3 Å². The van der Waals surface area contributed by atoms with Crippen molar-refractivity contribution >= 4 is 42.0 Å². The van der Waals surface area contributed by atoms with Gasteiger partial charge in [0.25, 0.3) is 0 Å². The summed E-state index contributed by atoms with van der Waals surface area (Å²) < 4.78 is 24.3. The van der Waals surface area contributed by atoms with E-state index in [1.54, 1.807) is 13.8 Å². The maximum atomic E-state index is 13.6. The molecule has 1 aliphatic rings. The monoisotopic (exact) mass is 918 g/mol. The van der Waals surface area contributed by atoms with Crippen molar-refractivity contribution in [2.45, 2.75) is 234 Å². The zero-order valence-electron chi connectivity index (χ0n) is 34.2. The van der Waals surface area contributed by atoms with E-state index in [1.807, 2.05) is 0 Å². The van der Waals surface area contributed by atoms with E-state index >= 15 is 0 Å². The molecule has 50 heavy (non-hydrogen) atoms. The Hall–Kier alpha value is -0.0226. The van der Waals surface area contributed by atoms with Gasteiger partial charge in [-0.2, -0.15) is 0 Å². The third-order valence-corrected chi connectivity index (χ3v) is 76.3. The fraction of sp³-hybridized carbons (Fsp3) is 0.860. The molecule has 5 nitrogen and oxygen atoms in total. The van der Waals surface area contributed by atoms with E-state index in [-0.39, 0.29) is 17.5 Å². The molecule has 1 fully saturated rings. The van der Waals surface area contributed by atoms with Gasteiger partial charge in [0, 0.05) is 0 Å². The van der Waals surface area contributed by atoms with Crippen LogP contribution in [-0.2, 0) is 18.8 Å². The molecule has 1 saturated heterocycles. The van der Waals surface area contributed by atoms with Gasteiger partial charge < -0.3 is 0 Å². The van der Waals surface area contributed by atoms with Crippen LogP contribution in [0.5, 0.6) is 0 Å². The van der Waals surface area contributed by atoms with Gasteiger partial charge in [-0.05, 0) is 0 Å². The second kappa shape index (κ2) is 28.4. The molecular formula is C43H82O5Sn2. The van der Waals surface area contributed by atoms with E-state index in [0.29, 0.717) is 11.1 Å². The zero-order chi connectivity index (χ0) is 37.1. The number of carbonyl (C=O) groups is 2. The Bertz CT molecular complexity index is 888. The Morgan fingerprint density at radius 2 is 0.860 bits per heavy atom. The second-order valence-electron chi connectivity index (χ2n) is 15.9. The first kappa shape index (κ1) is 48.0. The first-order chi connectivity index (χ1) is 24.1. The van der Waals surface area contributed by atoms with Crippen molar-refractivity contribution in [3.63, 3.8) is 0 Å². The quantitative estimate of drug-likeness (QED) is 0.0382. The molecule has 1 rings (SSSR count). The fourth-order valence-corrected chi connectivity index (χ4v) is 78.0. The van der Waals surface area contributed by atoms with E-state index in [1.165, 1.54) is 141 Å². The molecule has 0 amide bonds. The van der Waals surface area contributed by atoms with Gasteiger partial charge in [0.15, 0.2) is 0 Å². The summed E-state index contributed by atoms with van der Waals surface area (Å²) in [6.07, 6.45) is 32.8. The molecule has 0 unspecified atom stereocenters. The van der Waals surface area contributed by atoms with E-state index < -0.39 is 30.1 Å². The summed E-state index contributed by atoms with van der Waals surface area (Å²) >= 11 is -8.47. The van der Waals surface area contributed by atoms with Crippen LogP contribution in [0, 0.1) is 0 Å². The maximum absolute atomic E-state index is 13.6. The molecule has 0 aromatic rings. The second-order valence-corrected chi connectivity index (χ2v) is 64.0. The van der Waals surface area contributed by atoms with E-state index in [0.717, 1.165) is 45.4 Å². The number of rotatable bonds is 32. The standard InChI is InChI=1S/C19H38O.2C8H17.2C4H6O2.2Sn/c1-4-7-9-11-13-15-17-19(20,6-3)18-16-14-12-10-8-5-2;2*1-3-5-7-8-6-4-2;2*1-3(2)4(5)6;;/h3-18H2,1-2H3;2*1,3-8H2,2H3;2*1H2,2H3,(H,5,6);;/q-1;;;;;+1;+2/p-2. The van der Waals surface area contributed by atoms with Crippen LogP contribution in [0.4, 0.5) is 0 Å². The molecule has 7 heteroatoms. The Morgan fingerprint density at radius 3 is 1.20 bits per heavy atom. The molecule has 0 aromatic heterocycles. The van der Waals surface area contributed by atoms with Gasteiger partial charge in [-0.1, -0.05) is 0 Å². The van der Waals surface area contributed by atoms with Gasteiger partial charge in [0.05, 0.1) is 0 Å². The Kier molecular flexibility index (Phi) is 27.3. The van der Waals surface area contributed by atoms with Crippen LogP contribution in [0.2, 0.25) is 13.3 Å². The van der Waals surface area contributed by atoms with Gasteiger partial charge in [-0.15, -0.1) is 0 Å². The Labute approximate surface area is 316 Å². The van der Waals surface area contributed by atoms with Crippen LogP contribution < -0.4 is 0 Å². The number of carbonyl (C=O) groups excluding carboxylic acids is 2. The van der Waals surface area contributed by atoms with Crippen LogP contribution in [-0.4, -0.2) is 47.6 Å². The van der Waals surface area contributed by atoms with Gasteiger partial charge >= 0.3 is 319 Å². The molecule has 0 saturated carbocycles. The first-order valence-electron chi connectivity index (χ1n) is 21.5. The van der Waals surface area contributed by atoms with Crippen molar-refractivity contribution in [3.8, 4) is 0 Å². The van der Waals surface area contributed by atoms with Gasteiger partial charge in [0.2, 0.25) is 0 Å². The fourth-order valence-electron chi connectivity index (χ4n) is 7.87. The first-order valence-corrected chi connectivity index (χ1v) is 42.1. The normalized spacial score (nSPS) is 16.2. The summed E-state index contributed by atoms with van der Waals surface area (Å²) in [4.78, 5) is 27.2. The third kappa shape index (κ3) is 18.3. The molecular weight excluding hydrogens is 834 g/mol. The molecule has 0 radical (unpaired) electrons. The van der Waals surface area contributed by atoms with Crippen molar-refractivity contribution in [1.29, 1.82) is 0 Å². The molecule has 292 valence electrons. The van der Waals surface area contributed by atoms with Crippen LogP contribution in [0.1, 0.15) is 215 Å². The van der Waals surface area contributed by atoms with Crippen LogP contribution in [0.25, 0.3) is 0 Å². The minimum atomic E-state index is -4.50. The molecule has 0 aromatic carbocycles. The topological polar surface area (TPSA) is 61.8 Å². The van der Waals surface area contributed by atoms with Crippen molar-refractivity contribution < 1.29 is 18.8 Å². The van der Waals surface area contributed by atoms with Crippen molar-refractivity contribution in [2.24, 2.45) is 0 Å². The average Bonchev–Trinajstić information content (AvgIpc) is 3.09. The molecule has 1 heterocycles. The van der Waals surface area contributed by atoms with Crippen molar-refractivity contribution in [3.05, 3.63) is 24.3 Å². The van der Waals surface area contributed by atoms with Gasteiger partial charge in [-0.25, -0.2) is 0 Å². The summed E-state index contributed by atoms with van der Waals surface area (Å²) in [5, 5.41) is 0. The molecule has 0 aliphatic carbocycles. The SMILES string of the molecule is C=C(C)C(=O)[O][Sn]1([O]C(=O)C(=C)C)[CH2]CC(CCCCCCCC)(CCCCCCCC)[O][Sn]1([CH2]CCCCCCC)[CH2]CCCCCCC. The van der Waals surface area contributed by atoms with E-state index in [4.69, 9.17) is 9.22 Å². The van der Waals surface area contributed by atoms with Gasteiger partial charge in [-0.3, -0.25) is 0 Å². The summed E-state index contributed by atoms with van der Waals surface area (Å²) in [6, 6.07) is 0. The summed E-state index contributed by atoms with van der Waals surface area (Å²) in [6.45, 7) is 20.5. The average molecular weight is 917 g/mol. The Balaban J connectivity index is 3.66. The van der Waals surface area contributed by atoms with Crippen molar-refractivity contribution in [2.75, 3.05) is 0 Å².